The monoisotopic (exact) mass is 307 g/mol. The van der Waals surface area contributed by atoms with Crippen LogP contribution in [-0.4, -0.2) is 60.4 Å². The molecular formula is C12H22ClN3O2S. The van der Waals surface area contributed by atoms with Crippen molar-refractivity contribution in [2.24, 2.45) is 0 Å². The number of amides is 2. The minimum atomic E-state index is 0. The van der Waals surface area contributed by atoms with Crippen LogP contribution in [0.4, 0.5) is 0 Å². The van der Waals surface area contributed by atoms with Crippen LogP contribution in [0.1, 0.15) is 19.3 Å². The smallest absolute Gasteiger partial charge is 0.222 e. The molecule has 0 bridgehead atoms. The van der Waals surface area contributed by atoms with Crippen molar-refractivity contribution in [2.75, 3.05) is 31.6 Å². The Morgan fingerprint density at radius 1 is 1.58 bits per heavy atom. The Labute approximate surface area is 124 Å². The summed E-state index contributed by atoms with van der Waals surface area (Å²) in [5, 5.41) is 6.39. The van der Waals surface area contributed by atoms with E-state index in [-0.39, 0.29) is 30.3 Å². The highest BCUT2D eigenvalue weighted by molar-refractivity contribution is 7.99. The van der Waals surface area contributed by atoms with Gasteiger partial charge in [-0.2, -0.15) is 11.8 Å². The van der Waals surface area contributed by atoms with Gasteiger partial charge in [0.2, 0.25) is 11.8 Å². The fourth-order valence-electron chi connectivity index (χ4n) is 2.39. The lowest BCUT2D eigenvalue weighted by Crippen LogP contribution is -2.50. The molecule has 2 rings (SSSR count). The summed E-state index contributed by atoms with van der Waals surface area (Å²) in [4.78, 5) is 24.9. The van der Waals surface area contributed by atoms with Gasteiger partial charge in [-0.1, -0.05) is 0 Å². The van der Waals surface area contributed by atoms with Crippen LogP contribution in [0.2, 0.25) is 0 Å². The molecule has 0 radical (unpaired) electrons. The van der Waals surface area contributed by atoms with E-state index in [9.17, 15) is 9.59 Å². The minimum absolute atomic E-state index is 0. The number of carbonyl (C=O) groups is 2. The van der Waals surface area contributed by atoms with Gasteiger partial charge in [0, 0.05) is 56.6 Å². The van der Waals surface area contributed by atoms with Crippen LogP contribution in [0.25, 0.3) is 0 Å². The Morgan fingerprint density at radius 2 is 2.37 bits per heavy atom. The van der Waals surface area contributed by atoms with Crippen molar-refractivity contribution in [3.8, 4) is 0 Å². The second kappa shape index (κ2) is 7.97. The third-order valence-electron chi connectivity index (χ3n) is 3.42. The molecule has 2 N–H and O–H groups in total. The Hall–Kier alpha value is -0.460. The number of likely N-dealkylation sites (tertiary alicyclic amines) is 1. The van der Waals surface area contributed by atoms with Gasteiger partial charge in [0.25, 0.3) is 0 Å². The largest absolute Gasteiger partial charge is 0.352 e. The Bertz CT molecular complexity index is 324. The Kier molecular flexibility index (Phi) is 6.96. The summed E-state index contributed by atoms with van der Waals surface area (Å²) < 4.78 is 0. The average Bonchev–Trinajstić information content (AvgIpc) is 2.35. The number of nitrogens with one attached hydrogen (secondary N) is 2. The quantitative estimate of drug-likeness (QED) is 0.784. The van der Waals surface area contributed by atoms with E-state index in [1.54, 1.807) is 11.9 Å². The van der Waals surface area contributed by atoms with E-state index in [1.165, 1.54) is 0 Å². The van der Waals surface area contributed by atoms with Crippen LogP contribution < -0.4 is 10.6 Å². The summed E-state index contributed by atoms with van der Waals surface area (Å²) in [5.74, 6) is 2.41. The van der Waals surface area contributed by atoms with Crippen LogP contribution in [-0.2, 0) is 9.59 Å². The highest BCUT2D eigenvalue weighted by Crippen LogP contribution is 2.12. The molecule has 110 valence electrons. The van der Waals surface area contributed by atoms with Crippen molar-refractivity contribution in [1.29, 1.82) is 0 Å². The summed E-state index contributed by atoms with van der Waals surface area (Å²) in [6, 6.07) is 0.420. The van der Waals surface area contributed by atoms with Crippen molar-refractivity contribution in [3.63, 3.8) is 0 Å². The first-order valence-corrected chi connectivity index (χ1v) is 7.65. The van der Waals surface area contributed by atoms with Crippen molar-refractivity contribution < 1.29 is 9.59 Å². The predicted octanol–water partition coefficient (Wildman–Crippen LogP) is 0.240. The third kappa shape index (κ3) is 5.20. The summed E-state index contributed by atoms with van der Waals surface area (Å²) >= 11 is 1.90. The fraction of sp³-hybridized carbons (Fsp3) is 0.833. The molecule has 2 aliphatic heterocycles. The van der Waals surface area contributed by atoms with E-state index in [1.807, 2.05) is 11.8 Å². The number of carbonyl (C=O) groups excluding carboxylic acids is 2. The fourth-order valence-corrected chi connectivity index (χ4v) is 3.34. The molecule has 0 spiro atoms. The third-order valence-corrected chi connectivity index (χ3v) is 4.55. The number of hydrogen-bond donors (Lipinski definition) is 2. The topological polar surface area (TPSA) is 61.4 Å². The van der Waals surface area contributed by atoms with Crippen molar-refractivity contribution >= 4 is 36.0 Å². The summed E-state index contributed by atoms with van der Waals surface area (Å²) in [5.41, 5.74) is 0. The number of piperidine rings is 1. The van der Waals surface area contributed by atoms with Crippen molar-refractivity contribution in [3.05, 3.63) is 0 Å². The maximum atomic E-state index is 11.9. The van der Waals surface area contributed by atoms with Crippen LogP contribution >= 0.6 is 24.2 Å². The molecule has 2 unspecified atom stereocenters. The van der Waals surface area contributed by atoms with Crippen LogP contribution in [0, 0.1) is 0 Å². The highest BCUT2D eigenvalue weighted by atomic mass is 35.5. The molecule has 5 nitrogen and oxygen atoms in total. The summed E-state index contributed by atoms with van der Waals surface area (Å²) in [7, 11) is 1.79. The molecule has 19 heavy (non-hydrogen) atoms. The number of halogens is 1. The zero-order valence-electron chi connectivity index (χ0n) is 11.2. The first kappa shape index (κ1) is 16.6. The molecule has 0 aromatic carbocycles. The average molecular weight is 308 g/mol. The lowest BCUT2D eigenvalue weighted by molar-refractivity contribution is -0.134. The number of rotatable bonds is 3. The number of likely N-dealkylation sites (N-methyl/N-ethyl adjacent to an activating group) is 1. The first-order chi connectivity index (χ1) is 8.65. The predicted molar refractivity (Wildman–Crippen MR) is 79.8 cm³/mol. The van der Waals surface area contributed by atoms with E-state index in [0.29, 0.717) is 25.4 Å². The molecular weight excluding hydrogens is 286 g/mol. The lowest BCUT2D eigenvalue weighted by atomic mass is 10.1. The van der Waals surface area contributed by atoms with Gasteiger partial charge in [-0.15, -0.1) is 12.4 Å². The molecule has 7 heteroatoms. The van der Waals surface area contributed by atoms with Crippen molar-refractivity contribution in [2.45, 2.75) is 31.3 Å². The Balaban J connectivity index is 0.00000180. The molecule has 2 atom stereocenters. The first-order valence-electron chi connectivity index (χ1n) is 6.49. The maximum absolute atomic E-state index is 11.9. The van der Waals surface area contributed by atoms with Crippen LogP contribution in [0.5, 0.6) is 0 Å². The van der Waals surface area contributed by atoms with Gasteiger partial charge in [0.15, 0.2) is 0 Å². The van der Waals surface area contributed by atoms with E-state index < -0.39 is 0 Å². The van der Waals surface area contributed by atoms with Crippen molar-refractivity contribution in [1.82, 2.24) is 15.5 Å². The number of thioether (sulfide) groups is 1. The van der Waals surface area contributed by atoms with Crippen LogP contribution in [0.15, 0.2) is 0 Å². The molecule has 2 aliphatic rings. The van der Waals surface area contributed by atoms with Gasteiger partial charge in [-0.25, -0.2) is 0 Å². The number of nitrogens with zero attached hydrogens (tertiary/aromatic N) is 1. The standard InChI is InChI=1S/C12H21N3O2S.ClH/c1-15-7-9(2-3-12(15)17)14-11(16)6-10-8-18-5-4-13-10;/h9-10,13H,2-8H2,1H3,(H,14,16);1H. The normalized spacial score (nSPS) is 27.6. The molecule has 2 heterocycles. The minimum Gasteiger partial charge on any atom is -0.352 e. The van der Waals surface area contributed by atoms with E-state index in [2.05, 4.69) is 10.6 Å². The molecule has 0 aliphatic carbocycles. The maximum Gasteiger partial charge on any atom is 0.222 e. The van der Waals surface area contributed by atoms with Gasteiger partial charge >= 0.3 is 0 Å². The van der Waals surface area contributed by atoms with E-state index >= 15 is 0 Å². The molecule has 2 saturated heterocycles. The highest BCUT2D eigenvalue weighted by Gasteiger charge is 2.25. The summed E-state index contributed by atoms with van der Waals surface area (Å²) in [6.45, 7) is 1.63. The molecule has 2 amide bonds. The van der Waals surface area contributed by atoms with Gasteiger partial charge in [-0.05, 0) is 6.42 Å². The zero-order valence-corrected chi connectivity index (χ0v) is 12.8. The van der Waals surface area contributed by atoms with E-state index in [0.717, 1.165) is 24.5 Å². The van der Waals surface area contributed by atoms with Gasteiger partial charge in [-0.3, -0.25) is 9.59 Å². The second-order valence-electron chi connectivity index (χ2n) is 5.01. The van der Waals surface area contributed by atoms with Crippen LogP contribution in [0.3, 0.4) is 0 Å². The lowest BCUT2D eigenvalue weighted by Gasteiger charge is -2.31. The van der Waals surface area contributed by atoms with Gasteiger partial charge in [0.05, 0.1) is 0 Å². The zero-order chi connectivity index (χ0) is 13.0. The SMILES string of the molecule is CN1CC(NC(=O)CC2CSCCN2)CCC1=O.Cl. The summed E-state index contributed by atoms with van der Waals surface area (Å²) in [6.07, 6.45) is 1.85. The van der Waals surface area contributed by atoms with E-state index in [4.69, 9.17) is 0 Å². The van der Waals surface area contributed by atoms with Gasteiger partial charge in [0.1, 0.15) is 0 Å². The molecule has 0 aromatic rings. The molecule has 0 saturated carbocycles. The molecule has 2 fully saturated rings. The Morgan fingerprint density at radius 3 is 3.00 bits per heavy atom. The number of hydrogen-bond acceptors (Lipinski definition) is 4. The van der Waals surface area contributed by atoms with Gasteiger partial charge < -0.3 is 15.5 Å². The molecule has 0 aromatic heterocycles. The second-order valence-corrected chi connectivity index (χ2v) is 6.16.